The molecule has 0 saturated heterocycles. The Balaban J connectivity index is 2.50. The van der Waals surface area contributed by atoms with Crippen molar-refractivity contribution in [3.05, 3.63) is 29.8 Å². The Bertz CT molecular complexity index is 365. The lowest BCUT2D eigenvalue weighted by Gasteiger charge is -2.20. The Kier molecular flexibility index (Phi) is 6.22. The number of hydrogen-bond donors (Lipinski definition) is 1. The van der Waals surface area contributed by atoms with E-state index in [1.807, 2.05) is 12.1 Å². The zero-order valence-electron chi connectivity index (χ0n) is 12.0. The van der Waals surface area contributed by atoms with Crippen molar-refractivity contribution in [2.24, 2.45) is 11.8 Å². The van der Waals surface area contributed by atoms with E-state index in [4.69, 9.17) is 0 Å². The summed E-state index contributed by atoms with van der Waals surface area (Å²) in [6.45, 7) is 6.85. The summed E-state index contributed by atoms with van der Waals surface area (Å²) < 4.78 is 28.4. The van der Waals surface area contributed by atoms with E-state index in [2.05, 4.69) is 37.7 Å². The molecule has 1 N–H and O–H groups in total. The highest BCUT2D eigenvalue weighted by atomic mass is 19.3. The van der Waals surface area contributed by atoms with Crippen LogP contribution in [0.3, 0.4) is 0 Å². The number of alkyl halides is 2. The molecule has 0 aliphatic carbocycles. The molecule has 0 fully saturated rings. The molecule has 0 radical (unpaired) electrons. The van der Waals surface area contributed by atoms with E-state index >= 15 is 0 Å². The molecule has 2 nitrogen and oxygen atoms in total. The third-order valence-electron chi connectivity index (χ3n) is 3.49. The van der Waals surface area contributed by atoms with Gasteiger partial charge < -0.3 is 10.1 Å². The van der Waals surface area contributed by atoms with Gasteiger partial charge in [-0.15, -0.1) is 0 Å². The first-order valence-corrected chi connectivity index (χ1v) is 6.68. The van der Waals surface area contributed by atoms with E-state index < -0.39 is 6.61 Å². The van der Waals surface area contributed by atoms with Crippen molar-refractivity contribution in [1.29, 1.82) is 0 Å². The average molecular weight is 271 g/mol. The van der Waals surface area contributed by atoms with E-state index in [-0.39, 0.29) is 11.8 Å². The van der Waals surface area contributed by atoms with Crippen molar-refractivity contribution >= 4 is 0 Å². The summed E-state index contributed by atoms with van der Waals surface area (Å²) in [5.74, 6) is 1.44. The zero-order chi connectivity index (χ0) is 14.4. The lowest BCUT2D eigenvalue weighted by molar-refractivity contribution is -0.0498. The van der Waals surface area contributed by atoms with Crippen LogP contribution in [0.5, 0.6) is 5.75 Å². The lowest BCUT2D eigenvalue weighted by atomic mass is 9.97. The molecule has 0 aliphatic rings. The SMILES string of the molecule is CC(NCC(C)C(C)C)c1ccc(OC(F)F)cc1. The van der Waals surface area contributed by atoms with Crippen LogP contribution in [-0.2, 0) is 0 Å². The smallest absolute Gasteiger partial charge is 0.387 e. The van der Waals surface area contributed by atoms with Gasteiger partial charge in [0.15, 0.2) is 0 Å². The first kappa shape index (κ1) is 15.9. The van der Waals surface area contributed by atoms with Gasteiger partial charge in [0.1, 0.15) is 5.75 Å². The number of ether oxygens (including phenoxy) is 1. The molecule has 0 aromatic heterocycles. The summed E-state index contributed by atoms with van der Waals surface area (Å²) in [4.78, 5) is 0. The Morgan fingerprint density at radius 1 is 1.05 bits per heavy atom. The zero-order valence-corrected chi connectivity index (χ0v) is 12.0. The summed E-state index contributed by atoms with van der Waals surface area (Å²) in [7, 11) is 0. The van der Waals surface area contributed by atoms with Gasteiger partial charge in [0.05, 0.1) is 0 Å². The van der Waals surface area contributed by atoms with Gasteiger partial charge in [-0.1, -0.05) is 32.9 Å². The summed E-state index contributed by atoms with van der Waals surface area (Å²) in [6.07, 6.45) is 0. The van der Waals surface area contributed by atoms with Crippen molar-refractivity contribution in [3.63, 3.8) is 0 Å². The second-order valence-electron chi connectivity index (χ2n) is 5.30. The minimum absolute atomic E-state index is 0.196. The fourth-order valence-electron chi connectivity index (χ4n) is 1.65. The van der Waals surface area contributed by atoms with Crippen molar-refractivity contribution < 1.29 is 13.5 Å². The van der Waals surface area contributed by atoms with E-state index in [0.29, 0.717) is 11.8 Å². The Morgan fingerprint density at radius 2 is 1.63 bits per heavy atom. The van der Waals surface area contributed by atoms with Crippen molar-refractivity contribution in [1.82, 2.24) is 5.32 Å². The molecule has 1 aromatic carbocycles. The van der Waals surface area contributed by atoms with Crippen LogP contribution >= 0.6 is 0 Å². The molecule has 0 aliphatic heterocycles. The first-order chi connectivity index (χ1) is 8.90. The van der Waals surface area contributed by atoms with Gasteiger partial charge in [0.2, 0.25) is 0 Å². The van der Waals surface area contributed by atoms with Gasteiger partial charge in [-0.3, -0.25) is 0 Å². The molecule has 0 heterocycles. The van der Waals surface area contributed by atoms with Crippen molar-refractivity contribution in [2.45, 2.75) is 40.3 Å². The summed E-state index contributed by atoms with van der Waals surface area (Å²) in [5, 5.41) is 3.45. The second-order valence-corrected chi connectivity index (χ2v) is 5.30. The van der Waals surface area contributed by atoms with Crippen LogP contribution < -0.4 is 10.1 Å². The molecular weight excluding hydrogens is 248 g/mol. The summed E-state index contributed by atoms with van der Waals surface area (Å²) in [5.41, 5.74) is 1.07. The lowest BCUT2D eigenvalue weighted by Crippen LogP contribution is -2.26. The molecule has 0 spiro atoms. The van der Waals surface area contributed by atoms with Gasteiger partial charge in [-0.05, 0) is 43.0 Å². The predicted molar refractivity (Wildman–Crippen MR) is 73.5 cm³/mol. The minimum atomic E-state index is -2.77. The molecule has 19 heavy (non-hydrogen) atoms. The Labute approximate surface area is 114 Å². The number of hydrogen-bond acceptors (Lipinski definition) is 2. The molecule has 108 valence electrons. The van der Waals surface area contributed by atoms with Gasteiger partial charge in [-0.25, -0.2) is 0 Å². The monoisotopic (exact) mass is 271 g/mol. The van der Waals surface area contributed by atoms with Gasteiger partial charge in [-0.2, -0.15) is 8.78 Å². The van der Waals surface area contributed by atoms with Crippen LogP contribution in [0.15, 0.2) is 24.3 Å². The van der Waals surface area contributed by atoms with Crippen molar-refractivity contribution in [3.8, 4) is 5.75 Å². The Hall–Kier alpha value is -1.16. The third-order valence-corrected chi connectivity index (χ3v) is 3.49. The van der Waals surface area contributed by atoms with Crippen LogP contribution in [0.25, 0.3) is 0 Å². The molecule has 0 saturated carbocycles. The predicted octanol–water partition coefficient (Wildman–Crippen LogP) is 4.23. The summed E-state index contributed by atoms with van der Waals surface area (Å²) in [6, 6.07) is 6.98. The van der Waals surface area contributed by atoms with Crippen LogP contribution in [0.2, 0.25) is 0 Å². The second kappa shape index (κ2) is 7.43. The normalized spacial score (nSPS) is 14.7. The van der Waals surface area contributed by atoms with Crippen LogP contribution in [0, 0.1) is 11.8 Å². The number of rotatable bonds is 7. The highest BCUT2D eigenvalue weighted by molar-refractivity contribution is 5.28. The highest BCUT2D eigenvalue weighted by Gasteiger charge is 2.11. The maximum Gasteiger partial charge on any atom is 0.387 e. The van der Waals surface area contributed by atoms with E-state index in [1.165, 1.54) is 0 Å². The molecule has 2 atom stereocenters. The molecule has 1 rings (SSSR count). The molecule has 1 aromatic rings. The van der Waals surface area contributed by atoms with E-state index in [9.17, 15) is 8.78 Å². The molecular formula is C15H23F2NO. The van der Waals surface area contributed by atoms with Crippen molar-refractivity contribution in [2.75, 3.05) is 6.54 Å². The standard InChI is InChI=1S/C15H23F2NO/c1-10(2)11(3)9-18-12(4)13-5-7-14(8-6-13)19-15(16)17/h5-8,10-12,15,18H,9H2,1-4H3. The van der Waals surface area contributed by atoms with Gasteiger partial charge in [0.25, 0.3) is 0 Å². The van der Waals surface area contributed by atoms with Crippen LogP contribution in [0.1, 0.15) is 39.3 Å². The fraction of sp³-hybridized carbons (Fsp3) is 0.600. The van der Waals surface area contributed by atoms with Crippen LogP contribution in [-0.4, -0.2) is 13.2 Å². The highest BCUT2D eigenvalue weighted by Crippen LogP contribution is 2.19. The molecule has 4 heteroatoms. The number of nitrogens with one attached hydrogen (secondary N) is 1. The third kappa shape index (κ3) is 5.55. The number of benzene rings is 1. The Morgan fingerprint density at radius 3 is 2.11 bits per heavy atom. The van der Waals surface area contributed by atoms with Gasteiger partial charge >= 0.3 is 6.61 Å². The van der Waals surface area contributed by atoms with Gasteiger partial charge in [0, 0.05) is 6.04 Å². The maximum atomic E-state index is 12.0. The fourth-order valence-corrected chi connectivity index (χ4v) is 1.65. The quantitative estimate of drug-likeness (QED) is 0.801. The maximum absolute atomic E-state index is 12.0. The average Bonchev–Trinajstić information content (AvgIpc) is 2.35. The summed E-state index contributed by atoms with van der Waals surface area (Å²) >= 11 is 0. The molecule has 0 bridgehead atoms. The largest absolute Gasteiger partial charge is 0.435 e. The van der Waals surface area contributed by atoms with E-state index in [0.717, 1.165) is 12.1 Å². The number of halogens is 2. The first-order valence-electron chi connectivity index (χ1n) is 6.68. The van der Waals surface area contributed by atoms with Crippen LogP contribution in [0.4, 0.5) is 8.78 Å². The molecule has 2 unspecified atom stereocenters. The minimum Gasteiger partial charge on any atom is -0.435 e. The van der Waals surface area contributed by atoms with E-state index in [1.54, 1.807) is 12.1 Å². The topological polar surface area (TPSA) is 21.3 Å². The molecule has 0 amide bonds.